The third kappa shape index (κ3) is 3.99. The van der Waals surface area contributed by atoms with E-state index in [2.05, 4.69) is 27.8 Å². The van der Waals surface area contributed by atoms with E-state index >= 15 is 0 Å². The first-order valence-corrected chi connectivity index (χ1v) is 6.75. The third-order valence-corrected chi connectivity index (χ3v) is 3.30. The van der Waals surface area contributed by atoms with Crippen LogP contribution in [0.15, 0.2) is 22.7 Å². The number of carboxylic acid groups (broad SMARTS) is 1. The number of carboxylic acids is 1. The van der Waals surface area contributed by atoms with Crippen molar-refractivity contribution in [2.45, 2.75) is 13.8 Å². The number of ether oxygens (including phenoxy) is 1. The molecule has 0 fully saturated rings. The highest BCUT2D eigenvalue weighted by Gasteiger charge is 2.11. The summed E-state index contributed by atoms with van der Waals surface area (Å²) in [7, 11) is 0. The fourth-order valence-corrected chi connectivity index (χ4v) is 2.20. The minimum atomic E-state index is -0.925. The molecule has 0 aliphatic rings. The quantitative estimate of drug-likeness (QED) is 0.786. The molecule has 0 aliphatic heterocycles. The van der Waals surface area contributed by atoms with Crippen molar-refractivity contribution in [2.75, 3.05) is 31.2 Å². The molecule has 0 saturated carbocycles. The number of benzene rings is 1. The number of carbonyl (C=O) groups is 1. The average molecular weight is 316 g/mol. The molecule has 0 spiro atoms. The molecule has 4 nitrogen and oxygen atoms in total. The predicted molar refractivity (Wildman–Crippen MR) is 75.5 cm³/mol. The lowest BCUT2D eigenvalue weighted by Gasteiger charge is -2.23. The second-order valence-corrected chi connectivity index (χ2v) is 4.60. The van der Waals surface area contributed by atoms with Crippen LogP contribution in [0.1, 0.15) is 24.2 Å². The molecule has 1 rings (SSSR count). The van der Waals surface area contributed by atoms with Crippen LogP contribution in [-0.2, 0) is 4.74 Å². The monoisotopic (exact) mass is 315 g/mol. The highest BCUT2D eigenvalue weighted by atomic mass is 79.9. The maximum atomic E-state index is 10.9. The average Bonchev–Trinajstić information content (AvgIpc) is 2.34. The van der Waals surface area contributed by atoms with Gasteiger partial charge in [-0.1, -0.05) is 0 Å². The summed E-state index contributed by atoms with van der Waals surface area (Å²) in [5.74, 6) is -0.925. The molecule has 5 heteroatoms. The molecule has 0 unspecified atom stereocenters. The Labute approximate surface area is 116 Å². The van der Waals surface area contributed by atoms with Crippen LogP contribution >= 0.6 is 15.9 Å². The topological polar surface area (TPSA) is 49.8 Å². The normalized spacial score (nSPS) is 10.4. The van der Waals surface area contributed by atoms with Gasteiger partial charge in [0.1, 0.15) is 0 Å². The van der Waals surface area contributed by atoms with Crippen LogP contribution in [0.3, 0.4) is 0 Å². The number of hydrogen-bond donors (Lipinski definition) is 1. The van der Waals surface area contributed by atoms with Gasteiger partial charge in [0.25, 0.3) is 0 Å². The van der Waals surface area contributed by atoms with Crippen LogP contribution in [-0.4, -0.2) is 37.4 Å². The van der Waals surface area contributed by atoms with Crippen molar-refractivity contribution in [1.82, 2.24) is 0 Å². The van der Waals surface area contributed by atoms with Gasteiger partial charge in [-0.2, -0.15) is 0 Å². The molecule has 1 aromatic rings. The largest absolute Gasteiger partial charge is 0.478 e. The third-order valence-electron chi connectivity index (χ3n) is 2.64. The van der Waals surface area contributed by atoms with Crippen LogP contribution in [0.4, 0.5) is 5.69 Å². The molecule has 0 heterocycles. The number of nitrogens with zero attached hydrogens (tertiary/aromatic N) is 1. The summed E-state index contributed by atoms with van der Waals surface area (Å²) < 4.78 is 5.93. The standard InChI is InChI=1S/C13H18BrNO3/c1-3-15(7-8-18-4-2)10-5-6-11(13(16)17)12(14)9-10/h5-6,9H,3-4,7-8H2,1-2H3,(H,16,17). The lowest BCUT2D eigenvalue weighted by atomic mass is 10.2. The SMILES string of the molecule is CCOCCN(CC)c1ccc(C(=O)O)c(Br)c1. The lowest BCUT2D eigenvalue weighted by Crippen LogP contribution is -2.27. The Balaban J connectivity index is 2.80. The molecule has 0 atom stereocenters. The van der Waals surface area contributed by atoms with Gasteiger partial charge in [0.15, 0.2) is 0 Å². The van der Waals surface area contributed by atoms with Crippen molar-refractivity contribution in [3.8, 4) is 0 Å². The molecule has 1 aromatic carbocycles. The van der Waals surface area contributed by atoms with E-state index in [-0.39, 0.29) is 5.56 Å². The molecule has 0 saturated heterocycles. The van der Waals surface area contributed by atoms with Gasteiger partial charge < -0.3 is 14.7 Å². The number of anilines is 1. The lowest BCUT2D eigenvalue weighted by molar-refractivity contribution is 0.0696. The minimum Gasteiger partial charge on any atom is -0.478 e. The summed E-state index contributed by atoms with van der Waals surface area (Å²) in [4.78, 5) is 13.1. The first-order valence-electron chi connectivity index (χ1n) is 5.95. The zero-order chi connectivity index (χ0) is 13.5. The van der Waals surface area contributed by atoms with Crippen LogP contribution in [0.5, 0.6) is 0 Å². The van der Waals surface area contributed by atoms with Crippen molar-refractivity contribution in [3.05, 3.63) is 28.2 Å². The summed E-state index contributed by atoms with van der Waals surface area (Å²) in [5.41, 5.74) is 1.27. The Morgan fingerprint density at radius 2 is 2.17 bits per heavy atom. The molecule has 0 aromatic heterocycles. The van der Waals surface area contributed by atoms with Crippen molar-refractivity contribution in [1.29, 1.82) is 0 Å². The Hall–Kier alpha value is -1.07. The number of aromatic carboxylic acids is 1. The Kier molecular flexibility index (Phi) is 6.15. The minimum absolute atomic E-state index is 0.277. The van der Waals surface area contributed by atoms with Gasteiger partial charge in [0.2, 0.25) is 0 Å². The number of rotatable bonds is 7. The van der Waals surface area contributed by atoms with E-state index in [9.17, 15) is 4.79 Å². The second kappa shape index (κ2) is 7.38. The van der Waals surface area contributed by atoms with Gasteiger partial charge in [0.05, 0.1) is 12.2 Å². The number of likely N-dealkylation sites (N-methyl/N-ethyl adjacent to an activating group) is 1. The van der Waals surface area contributed by atoms with E-state index in [1.165, 1.54) is 0 Å². The highest BCUT2D eigenvalue weighted by Crippen LogP contribution is 2.24. The maximum absolute atomic E-state index is 10.9. The summed E-state index contributed by atoms with van der Waals surface area (Å²) in [6.45, 7) is 7.05. The zero-order valence-corrected chi connectivity index (χ0v) is 12.2. The van der Waals surface area contributed by atoms with Gasteiger partial charge in [-0.15, -0.1) is 0 Å². The Morgan fingerprint density at radius 3 is 2.67 bits per heavy atom. The van der Waals surface area contributed by atoms with Crippen molar-refractivity contribution in [2.24, 2.45) is 0 Å². The Bertz CT molecular complexity index is 409. The van der Waals surface area contributed by atoms with Gasteiger partial charge in [-0.25, -0.2) is 4.79 Å². The van der Waals surface area contributed by atoms with Crippen molar-refractivity contribution in [3.63, 3.8) is 0 Å². The smallest absolute Gasteiger partial charge is 0.336 e. The fraction of sp³-hybridized carbons (Fsp3) is 0.462. The van der Waals surface area contributed by atoms with Crippen molar-refractivity contribution < 1.29 is 14.6 Å². The summed E-state index contributed by atoms with van der Waals surface area (Å²) >= 11 is 3.29. The van der Waals surface area contributed by atoms with E-state index in [1.807, 2.05) is 19.1 Å². The van der Waals surface area contributed by atoms with E-state index in [4.69, 9.17) is 9.84 Å². The summed E-state index contributed by atoms with van der Waals surface area (Å²) in [6.07, 6.45) is 0. The van der Waals surface area contributed by atoms with Gasteiger partial charge in [0, 0.05) is 29.9 Å². The van der Waals surface area contributed by atoms with E-state index in [0.717, 1.165) is 18.8 Å². The van der Waals surface area contributed by atoms with Crippen LogP contribution in [0.25, 0.3) is 0 Å². The molecule has 0 radical (unpaired) electrons. The summed E-state index contributed by atoms with van der Waals surface area (Å²) in [6, 6.07) is 5.27. The first-order chi connectivity index (χ1) is 8.60. The molecule has 0 aliphatic carbocycles. The molecule has 0 bridgehead atoms. The molecule has 1 N–H and O–H groups in total. The van der Waals surface area contributed by atoms with Crippen LogP contribution in [0.2, 0.25) is 0 Å². The predicted octanol–water partition coefficient (Wildman–Crippen LogP) is 3.01. The first kappa shape index (κ1) is 15.0. The molecule has 0 amide bonds. The Morgan fingerprint density at radius 1 is 1.44 bits per heavy atom. The molecule has 100 valence electrons. The fourth-order valence-electron chi connectivity index (χ4n) is 1.66. The van der Waals surface area contributed by atoms with Gasteiger partial charge >= 0.3 is 5.97 Å². The van der Waals surface area contributed by atoms with E-state index in [1.54, 1.807) is 6.07 Å². The van der Waals surface area contributed by atoms with Gasteiger partial charge in [-0.3, -0.25) is 0 Å². The van der Waals surface area contributed by atoms with Gasteiger partial charge in [-0.05, 0) is 48.0 Å². The van der Waals surface area contributed by atoms with Crippen LogP contribution in [0, 0.1) is 0 Å². The molecular weight excluding hydrogens is 298 g/mol. The van der Waals surface area contributed by atoms with E-state index in [0.29, 0.717) is 17.7 Å². The summed E-state index contributed by atoms with van der Waals surface area (Å²) in [5, 5.41) is 8.96. The maximum Gasteiger partial charge on any atom is 0.336 e. The molecular formula is C13H18BrNO3. The number of halogens is 1. The second-order valence-electron chi connectivity index (χ2n) is 3.75. The van der Waals surface area contributed by atoms with Crippen molar-refractivity contribution >= 4 is 27.6 Å². The highest BCUT2D eigenvalue weighted by molar-refractivity contribution is 9.10. The number of hydrogen-bond acceptors (Lipinski definition) is 3. The molecule has 18 heavy (non-hydrogen) atoms. The van der Waals surface area contributed by atoms with Crippen LogP contribution < -0.4 is 4.90 Å². The van der Waals surface area contributed by atoms with E-state index < -0.39 is 5.97 Å². The zero-order valence-electron chi connectivity index (χ0n) is 10.6.